The van der Waals surface area contributed by atoms with Crippen LogP contribution in [-0.4, -0.2) is 38.8 Å². The Morgan fingerprint density at radius 1 is 1.19 bits per heavy atom. The Labute approximate surface area is 93.3 Å². The minimum Gasteiger partial charge on any atom is -0.355 e. The Morgan fingerprint density at radius 2 is 2.00 bits per heavy atom. The van der Waals surface area contributed by atoms with Crippen LogP contribution in [0, 0.1) is 0 Å². The lowest BCUT2D eigenvalue weighted by Gasteiger charge is -2.23. The van der Waals surface area contributed by atoms with Gasteiger partial charge in [-0.1, -0.05) is 6.42 Å². The van der Waals surface area contributed by atoms with Crippen molar-refractivity contribution in [3.63, 3.8) is 0 Å². The molecule has 1 fully saturated rings. The van der Waals surface area contributed by atoms with Crippen molar-refractivity contribution in [3.8, 4) is 0 Å². The largest absolute Gasteiger partial charge is 0.411 e. The lowest BCUT2D eigenvalue weighted by Crippen LogP contribution is -2.34. The van der Waals surface area contributed by atoms with E-state index in [2.05, 4.69) is 10.1 Å². The fourth-order valence-electron chi connectivity index (χ4n) is 1.67. The van der Waals surface area contributed by atoms with Crippen LogP contribution in [0.4, 0.5) is 13.2 Å². The van der Waals surface area contributed by atoms with Gasteiger partial charge >= 0.3 is 6.18 Å². The topological polar surface area (TPSA) is 30.5 Å². The summed E-state index contributed by atoms with van der Waals surface area (Å²) in [4.78, 5) is 0. The number of nitrogens with one attached hydrogen (secondary N) is 1. The average Bonchev–Trinajstić information content (AvgIpc) is 2.23. The molecule has 1 rings (SSSR count). The molecule has 0 aromatic rings. The number of alkyl halides is 3. The van der Waals surface area contributed by atoms with Crippen molar-refractivity contribution >= 4 is 0 Å². The molecule has 0 aromatic carbocycles. The molecule has 1 heterocycles. The average molecular weight is 241 g/mol. The van der Waals surface area contributed by atoms with Gasteiger partial charge in [0.25, 0.3) is 0 Å². The van der Waals surface area contributed by atoms with E-state index < -0.39 is 12.8 Å². The Hall–Kier alpha value is -0.330. The molecule has 1 atom stereocenters. The van der Waals surface area contributed by atoms with Gasteiger partial charge in [0, 0.05) is 6.04 Å². The highest BCUT2D eigenvalue weighted by atomic mass is 19.4. The summed E-state index contributed by atoms with van der Waals surface area (Å²) in [5.74, 6) is 0. The van der Waals surface area contributed by atoms with Crippen molar-refractivity contribution in [2.75, 3.05) is 26.6 Å². The van der Waals surface area contributed by atoms with Crippen LogP contribution >= 0.6 is 0 Å². The maximum atomic E-state index is 11.7. The number of ether oxygens (including phenoxy) is 2. The molecule has 1 aliphatic rings. The third-order valence-electron chi connectivity index (χ3n) is 2.46. The molecule has 0 aromatic heterocycles. The minimum absolute atomic E-state index is 0.285. The smallest absolute Gasteiger partial charge is 0.355 e. The van der Waals surface area contributed by atoms with E-state index in [1.54, 1.807) is 0 Å². The minimum atomic E-state index is -4.27. The lowest BCUT2D eigenvalue weighted by molar-refractivity contribution is -0.196. The fourth-order valence-corrected chi connectivity index (χ4v) is 1.67. The van der Waals surface area contributed by atoms with Crippen molar-refractivity contribution in [1.82, 2.24) is 5.32 Å². The predicted molar refractivity (Wildman–Crippen MR) is 53.1 cm³/mol. The third kappa shape index (κ3) is 7.03. The lowest BCUT2D eigenvalue weighted by atomic mass is 10.0. The van der Waals surface area contributed by atoms with Gasteiger partial charge in [-0.25, -0.2) is 0 Å². The van der Waals surface area contributed by atoms with Gasteiger partial charge in [0.1, 0.15) is 13.4 Å². The van der Waals surface area contributed by atoms with Crippen LogP contribution in [0.2, 0.25) is 0 Å². The molecule has 1 saturated heterocycles. The van der Waals surface area contributed by atoms with Crippen LogP contribution in [0.15, 0.2) is 0 Å². The van der Waals surface area contributed by atoms with Crippen molar-refractivity contribution < 1.29 is 22.6 Å². The van der Waals surface area contributed by atoms with E-state index in [9.17, 15) is 13.2 Å². The SMILES string of the molecule is FC(F)(F)COCOCCC1CCCCN1. The normalized spacial score (nSPS) is 22.3. The van der Waals surface area contributed by atoms with Gasteiger partial charge in [-0.3, -0.25) is 0 Å². The highest BCUT2D eigenvalue weighted by Gasteiger charge is 2.27. The zero-order valence-electron chi connectivity index (χ0n) is 9.18. The Balaban J connectivity index is 1.87. The second-order valence-electron chi connectivity index (χ2n) is 3.93. The fraction of sp³-hybridized carbons (Fsp3) is 1.00. The monoisotopic (exact) mass is 241 g/mol. The molecular weight excluding hydrogens is 223 g/mol. The summed E-state index contributed by atoms with van der Waals surface area (Å²) in [6.45, 7) is -0.0638. The maximum Gasteiger partial charge on any atom is 0.411 e. The molecule has 0 bridgehead atoms. The van der Waals surface area contributed by atoms with Crippen LogP contribution in [0.3, 0.4) is 0 Å². The summed E-state index contributed by atoms with van der Waals surface area (Å²) < 4.78 is 44.3. The van der Waals surface area contributed by atoms with Crippen LogP contribution < -0.4 is 5.32 Å². The Kier molecular flexibility index (Phi) is 6.08. The summed E-state index contributed by atoms with van der Waals surface area (Å²) in [7, 11) is 0. The van der Waals surface area contributed by atoms with Gasteiger partial charge in [-0.2, -0.15) is 13.2 Å². The van der Waals surface area contributed by atoms with Gasteiger partial charge in [-0.15, -0.1) is 0 Å². The van der Waals surface area contributed by atoms with Gasteiger partial charge in [0.2, 0.25) is 0 Å². The molecule has 0 radical (unpaired) electrons. The first kappa shape index (κ1) is 13.7. The molecule has 3 nitrogen and oxygen atoms in total. The highest BCUT2D eigenvalue weighted by molar-refractivity contribution is 4.71. The highest BCUT2D eigenvalue weighted by Crippen LogP contribution is 2.14. The molecule has 1 N–H and O–H groups in total. The molecular formula is C10H18F3NO2. The molecule has 0 aliphatic carbocycles. The van der Waals surface area contributed by atoms with Crippen LogP contribution in [0.25, 0.3) is 0 Å². The van der Waals surface area contributed by atoms with Crippen LogP contribution in [-0.2, 0) is 9.47 Å². The number of piperidine rings is 1. The molecule has 1 aliphatic heterocycles. The molecule has 1 unspecified atom stereocenters. The zero-order valence-corrected chi connectivity index (χ0v) is 9.18. The zero-order chi connectivity index (χ0) is 11.9. The molecule has 0 saturated carbocycles. The van der Waals surface area contributed by atoms with Gasteiger partial charge < -0.3 is 14.8 Å². The molecule has 0 amide bonds. The second kappa shape index (κ2) is 7.09. The van der Waals surface area contributed by atoms with Crippen molar-refractivity contribution in [3.05, 3.63) is 0 Å². The standard InChI is InChI=1S/C10H18F3NO2/c11-10(12,13)7-16-8-15-6-4-9-3-1-2-5-14-9/h9,14H,1-8H2. The molecule has 0 spiro atoms. The van der Waals surface area contributed by atoms with Gasteiger partial charge in [0.15, 0.2) is 0 Å². The summed E-state index contributed by atoms with van der Waals surface area (Å²) in [5.41, 5.74) is 0. The Morgan fingerprint density at radius 3 is 2.62 bits per heavy atom. The molecule has 16 heavy (non-hydrogen) atoms. The van der Waals surface area contributed by atoms with E-state index in [0.717, 1.165) is 19.4 Å². The maximum absolute atomic E-state index is 11.7. The summed E-state index contributed by atoms with van der Waals surface area (Å²) in [6, 6.07) is 0.441. The summed E-state index contributed by atoms with van der Waals surface area (Å²) in [6.07, 6.45) is 0.0880. The third-order valence-corrected chi connectivity index (χ3v) is 2.46. The Bertz CT molecular complexity index is 181. The molecule has 6 heteroatoms. The number of hydrogen-bond acceptors (Lipinski definition) is 3. The number of hydrogen-bond donors (Lipinski definition) is 1. The van der Waals surface area contributed by atoms with E-state index in [0.29, 0.717) is 12.6 Å². The molecule has 96 valence electrons. The van der Waals surface area contributed by atoms with Crippen molar-refractivity contribution in [2.24, 2.45) is 0 Å². The number of rotatable bonds is 6. The second-order valence-corrected chi connectivity index (χ2v) is 3.93. The summed E-state index contributed by atoms with van der Waals surface area (Å²) in [5, 5.41) is 3.33. The van der Waals surface area contributed by atoms with E-state index in [-0.39, 0.29) is 6.79 Å². The predicted octanol–water partition coefficient (Wildman–Crippen LogP) is 2.07. The first-order valence-electron chi connectivity index (χ1n) is 5.53. The van der Waals surface area contributed by atoms with Gasteiger partial charge in [-0.05, 0) is 25.8 Å². The van der Waals surface area contributed by atoms with E-state index in [4.69, 9.17) is 4.74 Å². The first-order chi connectivity index (χ1) is 7.58. The van der Waals surface area contributed by atoms with E-state index in [1.165, 1.54) is 12.8 Å². The van der Waals surface area contributed by atoms with Crippen molar-refractivity contribution in [2.45, 2.75) is 37.9 Å². The van der Waals surface area contributed by atoms with Crippen LogP contribution in [0.5, 0.6) is 0 Å². The van der Waals surface area contributed by atoms with E-state index >= 15 is 0 Å². The van der Waals surface area contributed by atoms with Crippen molar-refractivity contribution in [1.29, 1.82) is 0 Å². The van der Waals surface area contributed by atoms with Crippen LogP contribution in [0.1, 0.15) is 25.7 Å². The number of halogens is 3. The summed E-state index contributed by atoms with van der Waals surface area (Å²) >= 11 is 0. The van der Waals surface area contributed by atoms with E-state index in [1.807, 2.05) is 0 Å². The van der Waals surface area contributed by atoms with Gasteiger partial charge in [0.05, 0.1) is 6.61 Å². The quantitative estimate of drug-likeness (QED) is 0.570. The first-order valence-corrected chi connectivity index (χ1v) is 5.53.